The Kier molecular flexibility index (Phi) is 3.50. The first-order valence-corrected chi connectivity index (χ1v) is 6.95. The molecule has 0 fully saturated rings. The largest absolute Gasteiger partial charge is 0.494 e. The average molecular weight is 321 g/mol. The van der Waals surface area contributed by atoms with E-state index in [0.717, 1.165) is 10.1 Å². The summed E-state index contributed by atoms with van der Waals surface area (Å²) in [6, 6.07) is 7.15. The molecule has 1 aliphatic rings. The number of aromatic hydroxyl groups is 1. The standard InChI is InChI=1S/C14H13ClN4O3/c1-19-13(21)11(12(20)16-14(19)22)10-6-9(17-18-10)7-2-4-8(15)5-3-7/h2-5,9,17,21H,6H2,1H3,(H,16,20,22)/t9-/m1/s1. The van der Waals surface area contributed by atoms with Gasteiger partial charge in [-0.3, -0.25) is 14.3 Å². The zero-order valence-electron chi connectivity index (χ0n) is 11.6. The molecule has 7 nitrogen and oxygen atoms in total. The minimum absolute atomic E-state index is 0.00561. The molecule has 1 aromatic carbocycles. The van der Waals surface area contributed by atoms with E-state index in [1.807, 2.05) is 12.1 Å². The van der Waals surface area contributed by atoms with Crippen molar-refractivity contribution in [3.63, 3.8) is 0 Å². The number of hydrogen-bond acceptors (Lipinski definition) is 5. The van der Waals surface area contributed by atoms with Gasteiger partial charge in [-0.2, -0.15) is 5.10 Å². The van der Waals surface area contributed by atoms with Crippen molar-refractivity contribution in [3.05, 3.63) is 61.3 Å². The van der Waals surface area contributed by atoms with Crippen molar-refractivity contribution in [2.45, 2.75) is 12.5 Å². The van der Waals surface area contributed by atoms with E-state index in [9.17, 15) is 14.7 Å². The van der Waals surface area contributed by atoms with Crippen LogP contribution < -0.4 is 16.7 Å². The molecule has 1 aromatic heterocycles. The normalized spacial score (nSPS) is 17.2. The molecule has 0 bridgehead atoms. The molecule has 2 aromatic rings. The molecule has 8 heteroatoms. The molecule has 0 aliphatic carbocycles. The van der Waals surface area contributed by atoms with Crippen molar-refractivity contribution in [2.75, 3.05) is 0 Å². The highest BCUT2D eigenvalue weighted by molar-refractivity contribution is 6.30. The third-order valence-corrected chi connectivity index (χ3v) is 3.86. The van der Waals surface area contributed by atoms with Crippen molar-refractivity contribution < 1.29 is 5.11 Å². The Morgan fingerprint density at radius 2 is 2.00 bits per heavy atom. The number of hydrogen-bond donors (Lipinski definition) is 3. The van der Waals surface area contributed by atoms with E-state index in [1.165, 1.54) is 7.05 Å². The molecule has 1 atom stereocenters. The summed E-state index contributed by atoms with van der Waals surface area (Å²) in [7, 11) is 1.37. The number of nitrogens with zero attached hydrogens (tertiary/aromatic N) is 2. The van der Waals surface area contributed by atoms with Crippen LogP contribution >= 0.6 is 11.6 Å². The van der Waals surface area contributed by atoms with Gasteiger partial charge in [0.25, 0.3) is 5.56 Å². The highest BCUT2D eigenvalue weighted by atomic mass is 35.5. The zero-order chi connectivity index (χ0) is 15.9. The Hall–Kier alpha value is -2.54. The molecular formula is C14H13ClN4O3. The summed E-state index contributed by atoms with van der Waals surface area (Å²) in [5, 5.41) is 14.8. The van der Waals surface area contributed by atoms with Gasteiger partial charge in [0.1, 0.15) is 5.56 Å². The van der Waals surface area contributed by atoms with Crippen LogP contribution in [0.2, 0.25) is 5.02 Å². The van der Waals surface area contributed by atoms with E-state index in [4.69, 9.17) is 11.6 Å². The summed E-state index contributed by atoms with van der Waals surface area (Å²) in [6.45, 7) is 0. The summed E-state index contributed by atoms with van der Waals surface area (Å²) in [5.74, 6) is -0.397. The number of aromatic amines is 1. The Bertz CT molecular complexity index is 867. The average Bonchev–Trinajstić information content (AvgIpc) is 2.95. The van der Waals surface area contributed by atoms with Crippen LogP contribution in [0.5, 0.6) is 5.88 Å². The minimum Gasteiger partial charge on any atom is -0.494 e. The van der Waals surface area contributed by atoms with Crippen LogP contribution in [0.15, 0.2) is 39.0 Å². The molecule has 0 saturated carbocycles. The van der Waals surface area contributed by atoms with Crippen molar-refractivity contribution in [2.24, 2.45) is 12.1 Å². The number of hydrazone groups is 1. The Balaban J connectivity index is 1.93. The Morgan fingerprint density at radius 3 is 2.68 bits per heavy atom. The SMILES string of the molecule is Cn1c(O)c(C2=NN[C@@H](c3ccc(Cl)cc3)C2)c(=O)[nH]c1=O. The van der Waals surface area contributed by atoms with Crippen LogP contribution in [0.3, 0.4) is 0 Å². The molecule has 0 amide bonds. The summed E-state index contributed by atoms with van der Waals surface area (Å²) in [6.07, 6.45) is 0.413. The second-order valence-electron chi connectivity index (χ2n) is 5.01. The van der Waals surface area contributed by atoms with Gasteiger partial charge in [-0.15, -0.1) is 0 Å². The molecule has 0 saturated heterocycles. The van der Waals surface area contributed by atoms with Crippen molar-refractivity contribution in [3.8, 4) is 5.88 Å². The lowest BCUT2D eigenvalue weighted by atomic mass is 10.0. The van der Waals surface area contributed by atoms with Gasteiger partial charge < -0.3 is 10.5 Å². The lowest BCUT2D eigenvalue weighted by Crippen LogP contribution is -2.32. The number of H-pyrrole nitrogens is 1. The van der Waals surface area contributed by atoms with E-state index >= 15 is 0 Å². The molecule has 2 heterocycles. The molecule has 0 radical (unpaired) electrons. The first-order valence-electron chi connectivity index (χ1n) is 6.57. The fraction of sp³-hybridized carbons (Fsp3) is 0.214. The topological polar surface area (TPSA) is 99.5 Å². The number of nitrogens with one attached hydrogen (secondary N) is 2. The quantitative estimate of drug-likeness (QED) is 0.764. The minimum atomic E-state index is -0.674. The van der Waals surface area contributed by atoms with Crippen molar-refractivity contribution >= 4 is 17.3 Å². The Morgan fingerprint density at radius 1 is 1.32 bits per heavy atom. The van der Waals surface area contributed by atoms with E-state index in [2.05, 4.69) is 15.5 Å². The Labute approximate surface area is 129 Å². The van der Waals surface area contributed by atoms with Gasteiger partial charge in [-0.1, -0.05) is 23.7 Å². The summed E-state index contributed by atoms with van der Waals surface area (Å²) < 4.78 is 0.967. The van der Waals surface area contributed by atoms with Crippen LogP contribution in [0, 0.1) is 0 Å². The monoisotopic (exact) mass is 320 g/mol. The van der Waals surface area contributed by atoms with E-state index in [0.29, 0.717) is 17.2 Å². The van der Waals surface area contributed by atoms with Gasteiger partial charge in [0.05, 0.1) is 11.8 Å². The maximum Gasteiger partial charge on any atom is 0.330 e. The number of benzene rings is 1. The second-order valence-corrected chi connectivity index (χ2v) is 5.45. The molecule has 22 heavy (non-hydrogen) atoms. The lowest BCUT2D eigenvalue weighted by molar-refractivity contribution is 0.416. The number of halogens is 1. The highest BCUT2D eigenvalue weighted by Crippen LogP contribution is 2.26. The van der Waals surface area contributed by atoms with E-state index in [1.54, 1.807) is 12.1 Å². The van der Waals surface area contributed by atoms with Crippen molar-refractivity contribution in [1.29, 1.82) is 0 Å². The van der Waals surface area contributed by atoms with Gasteiger partial charge in [-0.25, -0.2) is 4.79 Å². The third-order valence-electron chi connectivity index (χ3n) is 3.61. The third kappa shape index (κ3) is 2.39. The summed E-state index contributed by atoms with van der Waals surface area (Å²) in [5.41, 5.74) is 2.96. The molecule has 1 aliphatic heterocycles. The van der Waals surface area contributed by atoms with Crippen LogP contribution in [0.25, 0.3) is 0 Å². The first kappa shape index (κ1) is 14.4. The fourth-order valence-electron chi connectivity index (χ4n) is 2.35. The number of aromatic nitrogens is 2. The van der Waals surface area contributed by atoms with E-state index < -0.39 is 17.1 Å². The van der Waals surface area contributed by atoms with Crippen LogP contribution in [0.4, 0.5) is 0 Å². The van der Waals surface area contributed by atoms with E-state index in [-0.39, 0.29) is 11.6 Å². The van der Waals surface area contributed by atoms with Gasteiger partial charge in [0, 0.05) is 18.5 Å². The van der Waals surface area contributed by atoms with Crippen molar-refractivity contribution in [1.82, 2.24) is 15.0 Å². The molecule has 3 N–H and O–H groups in total. The highest BCUT2D eigenvalue weighted by Gasteiger charge is 2.26. The summed E-state index contributed by atoms with van der Waals surface area (Å²) in [4.78, 5) is 25.5. The maximum absolute atomic E-state index is 11.9. The predicted molar refractivity (Wildman–Crippen MR) is 82.5 cm³/mol. The van der Waals surface area contributed by atoms with Crippen LogP contribution in [0.1, 0.15) is 23.6 Å². The molecule has 0 spiro atoms. The van der Waals surface area contributed by atoms with Crippen LogP contribution in [-0.2, 0) is 7.05 Å². The maximum atomic E-state index is 11.9. The van der Waals surface area contributed by atoms with Gasteiger partial charge in [-0.05, 0) is 17.7 Å². The van der Waals surface area contributed by atoms with Crippen LogP contribution in [-0.4, -0.2) is 20.4 Å². The molecule has 0 unspecified atom stereocenters. The summed E-state index contributed by atoms with van der Waals surface area (Å²) >= 11 is 5.86. The van der Waals surface area contributed by atoms with Gasteiger partial charge >= 0.3 is 5.69 Å². The second kappa shape index (κ2) is 5.34. The lowest BCUT2D eigenvalue weighted by Gasteiger charge is -2.10. The van der Waals surface area contributed by atoms with Gasteiger partial charge in [0.2, 0.25) is 5.88 Å². The zero-order valence-corrected chi connectivity index (χ0v) is 12.4. The first-order chi connectivity index (χ1) is 10.5. The molecular weight excluding hydrogens is 308 g/mol. The molecule has 114 valence electrons. The van der Waals surface area contributed by atoms with Gasteiger partial charge in [0.15, 0.2) is 0 Å². The predicted octanol–water partition coefficient (Wildman–Crippen LogP) is 0.871. The fourth-order valence-corrected chi connectivity index (χ4v) is 2.48. The smallest absolute Gasteiger partial charge is 0.330 e. The number of rotatable bonds is 2. The molecule has 3 rings (SSSR count).